The molecule has 6 rings (SSSR count). The van der Waals surface area contributed by atoms with Gasteiger partial charge in [0.1, 0.15) is 11.5 Å². The number of benzene rings is 1. The molecule has 0 spiro atoms. The van der Waals surface area contributed by atoms with Crippen molar-refractivity contribution in [2.75, 3.05) is 20.2 Å². The van der Waals surface area contributed by atoms with Gasteiger partial charge in [-0.25, -0.2) is 9.78 Å². The van der Waals surface area contributed by atoms with E-state index < -0.39 is 6.09 Å². The third-order valence-electron chi connectivity index (χ3n) is 6.91. The number of pyridine rings is 1. The van der Waals surface area contributed by atoms with E-state index in [-0.39, 0.29) is 23.6 Å². The monoisotopic (exact) mass is 461 g/mol. The van der Waals surface area contributed by atoms with E-state index in [1.54, 1.807) is 36.4 Å². The highest BCUT2D eigenvalue weighted by atomic mass is 16.5. The number of ketones is 1. The Morgan fingerprint density at radius 1 is 1.29 bits per heavy atom. The van der Waals surface area contributed by atoms with Crippen LogP contribution in [0.15, 0.2) is 36.2 Å². The van der Waals surface area contributed by atoms with Crippen LogP contribution in [0.1, 0.15) is 34.5 Å². The molecule has 2 N–H and O–H groups in total. The average Bonchev–Trinajstić information content (AvgIpc) is 3.47. The lowest BCUT2D eigenvalue weighted by Gasteiger charge is -2.39. The Morgan fingerprint density at radius 3 is 2.82 bits per heavy atom. The van der Waals surface area contributed by atoms with Crippen LogP contribution in [0, 0.1) is 0 Å². The van der Waals surface area contributed by atoms with E-state index in [0.717, 1.165) is 23.8 Å². The second-order valence-electron chi connectivity index (χ2n) is 8.84. The average molecular weight is 461 g/mol. The molecule has 0 saturated carbocycles. The number of carboxylic acid groups (broad SMARTS) is 1. The van der Waals surface area contributed by atoms with E-state index in [9.17, 15) is 14.7 Å². The molecule has 2 saturated heterocycles. The third kappa shape index (κ3) is 3.21. The van der Waals surface area contributed by atoms with Gasteiger partial charge in [0.15, 0.2) is 11.4 Å². The molecule has 3 aromatic rings. The highest BCUT2D eigenvalue weighted by Crippen LogP contribution is 2.41. The van der Waals surface area contributed by atoms with Gasteiger partial charge < -0.3 is 14.6 Å². The molecule has 2 fully saturated rings. The number of Topliss-reactive ketones (excluding diaryl/α,β-unsaturated/α-hetero) is 1. The summed E-state index contributed by atoms with van der Waals surface area (Å²) in [5.74, 6) is 1.10. The van der Waals surface area contributed by atoms with Crippen LogP contribution in [0.25, 0.3) is 17.1 Å². The zero-order valence-corrected chi connectivity index (χ0v) is 18.5. The number of rotatable bonds is 4. The van der Waals surface area contributed by atoms with Crippen LogP contribution in [0.5, 0.6) is 11.5 Å². The largest absolute Gasteiger partial charge is 0.496 e. The summed E-state index contributed by atoms with van der Waals surface area (Å²) in [6.45, 7) is 1.78. The second kappa shape index (κ2) is 7.84. The lowest BCUT2D eigenvalue weighted by molar-refractivity contribution is 0.0585. The van der Waals surface area contributed by atoms with Gasteiger partial charge in [0.2, 0.25) is 5.78 Å². The number of aromatic nitrogens is 3. The van der Waals surface area contributed by atoms with Crippen molar-refractivity contribution in [1.82, 2.24) is 25.0 Å². The summed E-state index contributed by atoms with van der Waals surface area (Å²) in [5, 5.41) is 17.5. The number of hydrogen-bond acceptors (Lipinski definition) is 7. The van der Waals surface area contributed by atoms with E-state index in [2.05, 4.69) is 20.1 Å². The van der Waals surface area contributed by atoms with Gasteiger partial charge >= 0.3 is 6.09 Å². The summed E-state index contributed by atoms with van der Waals surface area (Å²) in [6, 6.07) is 7.17. The molecule has 1 amide bonds. The number of hydrogen-bond donors (Lipinski definition) is 2. The Kier molecular flexibility index (Phi) is 4.77. The quantitative estimate of drug-likeness (QED) is 0.569. The number of nitrogens with one attached hydrogen (secondary N) is 1. The summed E-state index contributed by atoms with van der Waals surface area (Å²) < 4.78 is 11.7. The minimum atomic E-state index is -0.852. The number of H-pyrrole nitrogens is 1. The lowest BCUT2D eigenvalue weighted by atomic mass is 10.0. The van der Waals surface area contributed by atoms with Crippen molar-refractivity contribution < 1.29 is 24.2 Å². The summed E-state index contributed by atoms with van der Waals surface area (Å²) in [4.78, 5) is 32.8. The molecule has 34 heavy (non-hydrogen) atoms. The summed E-state index contributed by atoms with van der Waals surface area (Å²) >= 11 is 0. The maximum atomic E-state index is 13.2. The maximum Gasteiger partial charge on any atom is 0.407 e. The number of nitrogens with zero attached hydrogens (tertiary/aromatic N) is 4. The first-order valence-corrected chi connectivity index (χ1v) is 11.2. The molecule has 174 valence electrons. The van der Waals surface area contributed by atoms with E-state index in [4.69, 9.17) is 9.47 Å². The number of piperazine rings is 1. The van der Waals surface area contributed by atoms with Gasteiger partial charge in [0.05, 0.1) is 23.9 Å². The first kappa shape index (κ1) is 20.7. The Balaban J connectivity index is 1.31. The van der Waals surface area contributed by atoms with Gasteiger partial charge in [-0.1, -0.05) is 0 Å². The van der Waals surface area contributed by atoms with Crippen LogP contribution in [0.2, 0.25) is 0 Å². The van der Waals surface area contributed by atoms with Crippen molar-refractivity contribution in [2.45, 2.75) is 31.5 Å². The molecule has 10 heteroatoms. The number of allylic oxidation sites excluding steroid dienone is 1. The van der Waals surface area contributed by atoms with E-state index in [1.165, 1.54) is 0 Å². The Morgan fingerprint density at radius 2 is 2.09 bits per heavy atom. The van der Waals surface area contributed by atoms with E-state index in [0.29, 0.717) is 48.0 Å². The highest BCUT2D eigenvalue weighted by molar-refractivity contribution is 6.15. The first-order chi connectivity index (χ1) is 16.5. The molecular formula is C24H23N5O5. The zero-order chi connectivity index (χ0) is 23.4. The maximum absolute atomic E-state index is 13.2. The fourth-order valence-electron chi connectivity index (χ4n) is 5.39. The van der Waals surface area contributed by atoms with Gasteiger partial charge in [-0.2, -0.15) is 5.10 Å². The van der Waals surface area contributed by atoms with E-state index in [1.807, 2.05) is 12.1 Å². The highest BCUT2D eigenvalue weighted by Gasteiger charge is 2.43. The Hall–Kier alpha value is -3.92. The predicted octanol–water partition coefficient (Wildman–Crippen LogP) is 2.91. The second-order valence-corrected chi connectivity index (χ2v) is 8.84. The van der Waals surface area contributed by atoms with Gasteiger partial charge in [0.25, 0.3) is 0 Å². The lowest BCUT2D eigenvalue weighted by Crippen LogP contribution is -2.55. The van der Waals surface area contributed by atoms with Gasteiger partial charge in [-0.05, 0) is 37.1 Å². The van der Waals surface area contributed by atoms with Crippen LogP contribution >= 0.6 is 0 Å². The standard InChI is InChI=1S/C24H23N5O5/c1-33-19-7-6-16-21(30)20(9-18-15-3-2-8-25-23(15)27-26-18)34-22(16)17(19)12-28-10-13-4-5-14(11-28)29(13)24(31)32/h2-3,6-9,13-14H,4-5,10-12H2,1H3,(H,31,32)(H,25,26,27). The van der Waals surface area contributed by atoms with Crippen molar-refractivity contribution in [3.63, 3.8) is 0 Å². The number of carbonyl (C=O) groups is 2. The van der Waals surface area contributed by atoms with Crippen LogP contribution in [-0.4, -0.2) is 74.2 Å². The molecule has 0 aliphatic carbocycles. The first-order valence-electron chi connectivity index (χ1n) is 11.2. The van der Waals surface area contributed by atoms with Gasteiger partial charge in [-0.15, -0.1) is 0 Å². The van der Waals surface area contributed by atoms with Crippen molar-refractivity contribution in [1.29, 1.82) is 0 Å². The molecule has 0 radical (unpaired) electrons. The van der Waals surface area contributed by atoms with Crippen molar-refractivity contribution >= 4 is 29.0 Å². The topological polar surface area (TPSA) is 121 Å². The summed E-state index contributed by atoms with van der Waals surface area (Å²) in [6.07, 6.45) is 4.18. The smallest absolute Gasteiger partial charge is 0.407 e. The molecule has 5 heterocycles. The summed E-state index contributed by atoms with van der Waals surface area (Å²) in [7, 11) is 1.59. The Bertz CT molecular complexity index is 1330. The number of carbonyl (C=O) groups excluding carboxylic acids is 1. The number of likely N-dealkylation sites (tertiary alicyclic amines) is 1. The molecule has 2 bridgehead atoms. The molecule has 2 aromatic heterocycles. The minimum absolute atomic E-state index is 0.0152. The third-order valence-corrected chi connectivity index (χ3v) is 6.91. The normalized spacial score (nSPS) is 22.9. The van der Waals surface area contributed by atoms with Gasteiger partial charge in [-0.3, -0.25) is 19.7 Å². The minimum Gasteiger partial charge on any atom is -0.496 e. The molecule has 2 atom stereocenters. The number of fused-ring (bicyclic) bond motifs is 4. The van der Waals surface area contributed by atoms with Crippen molar-refractivity contribution in [3.05, 3.63) is 53.0 Å². The number of amides is 1. The molecular weight excluding hydrogens is 438 g/mol. The molecule has 3 aliphatic rings. The Labute approximate surface area is 194 Å². The van der Waals surface area contributed by atoms with Crippen LogP contribution in [0.4, 0.5) is 4.79 Å². The van der Waals surface area contributed by atoms with E-state index >= 15 is 0 Å². The molecule has 2 unspecified atom stereocenters. The van der Waals surface area contributed by atoms with Crippen molar-refractivity contribution in [2.24, 2.45) is 0 Å². The molecule has 1 aromatic carbocycles. The predicted molar refractivity (Wildman–Crippen MR) is 122 cm³/mol. The summed E-state index contributed by atoms with van der Waals surface area (Å²) in [5.41, 5.74) is 2.48. The van der Waals surface area contributed by atoms with Crippen molar-refractivity contribution in [3.8, 4) is 11.5 Å². The van der Waals surface area contributed by atoms with Crippen LogP contribution in [0.3, 0.4) is 0 Å². The van der Waals surface area contributed by atoms with Gasteiger partial charge in [0, 0.05) is 49.4 Å². The number of ether oxygens (including phenoxy) is 2. The van der Waals surface area contributed by atoms with Crippen LogP contribution in [-0.2, 0) is 6.54 Å². The number of methoxy groups -OCH3 is 1. The number of aromatic amines is 1. The fourth-order valence-corrected chi connectivity index (χ4v) is 5.39. The molecule has 10 nitrogen and oxygen atoms in total. The molecule has 3 aliphatic heterocycles. The fraction of sp³-hybridized carbons (Fsp3) is 0.333. The van der Waals surface area contributed by atoms with Crippen LogP contribution < -0.4 is 9.47 Å². The SMILES string of the molecule is COc1ccc2c(c1CN1CC3CCC(C1)N3C(=O)O)OC(=Cc1n[nH]c3ncccc13)C2=O. The zero-order valence-electron chi connectivity index (χ0n) is 18.5.